The van der Waals surface area contributed by atoms with Gasteiger partial charge in [0.1, 0.15) is 0 Å². The molecule has 0 heterocycles. The largest absolute Gasteiger partial charge is 0.457 e. The summed E-state index contributed by atoms with van der Waals surface area (Å²) in [5.74, 6) is -0.427. The van der Waals surface area contributed by atoms with E-state index in [2.05, 4.69) is 26.8 Å². The highest BCUT2D eigenvalue weighted by atomic mass is 16.6. The van der Waals surface area contributed by atoms with E-state index in [9.17, 15) is 19.2 Å². The second-order valence-electron chi connectivity index (χ2n) is 11.7. The Kier molecular flexibility index (Phi) is 6.65. The fraction of sp³-hybridized carbons (Fsp3) is 0.724. The van der Waals surface area contributed by atoms with Crippen LogP contribution in [0.1, 0.15) is 86.5 Å². The summed E-state index contributed by atoms with van der Waals surface area (Å²) in [7, 11) is 0. The molecule has 0 aromatic rings. The number of fused-ring (bicyclic) bond motifs is 5. The molecule has 2 saturated carbocycles. The zero-order valence-electron chi connectivity index (χ0n) is 22.1. The summed E-state index contributed by atoms with van der Waals surface area (Å²) < 4.78 is 11.4. The van der Waals surface area contributed by atoms with Gasteiger partial charge < -0.3 is 9.47 Å². The molecule has 4 rings (SSSR count). The van der Waals surface area contributed by atoms with Gasteiger partial charge in [0.2, 0.25) is 5.78 Å². The van der Waals surface area contributed by atoms with E-state index in [4.69, 9.17) is 9.47 Å². The molecule has 0 unspecified atom stereocenters. The molecule has 0 aliphatic heterocycles. The SMILES string of the molecule is CCC(=O)OCC(=O)[C@@]1(OC(=O)CC)[C@@H](C)C[C@H]2[C@@H]3C[C@H](C)C4=CC(=O)CC[C@]4(C)C3=CC[C@@]21C. The van der Waals surface area contributed by atoms with Crippen molar-refractivity contribution in [2.75, 3.05) is 6.61 Å². The average molecular weight is 485 g/mol. The maximum Gasteiger partial charge on any atom is 0.306 e. The quantitative estimate of drug-likeness (QED) is 0.383. The van der Waals surface area contributed by atoms with E-state index in [0.717, 1.165) is 19.3 Å². The number of carbonyl (C=O) groups excluding carboxylic acids is 4. The minimum atomic E-state index is -1.33. The average Bonchev–Trinajstić information content (AvgIpc) is 3.05. The fourth-order valence-electron chi connectivity index (χ4n) is 8.07. The Morgan fingerprint density at radius 3 is 2.37 bits per heavy atom. The molecule has 6 heteroatoms. The normalized spacial score (nSPS) is 40.0. The van der Waals surface area contributed by atoms with E-state index in [-0.39, 0.29) is 60.1 Å². The molecular weight excluding hydrogens is 444 g/mol. The molecule has 0 aromatic heterocycles. The second kappa shape index (κ2) is 9.01. The first kappa shape index (κ1) is 25.8. The van der Waals surface area contributed by atoms with E-state index < -0.39 is 23.0 Å². The molecule has 2 fully saturated rings. The van der Waals surface area contributed by atoms with Crippen molar-refractivity contribution in [3.8, 4) is 0 Å². The third-order valence-electron chi connectivity index (χ3n) is 9.83. The van der Waals surface area contributed by atoms with Crippen LogP contribution in [0.5, 0.6) is 0 Å². The molecule has 35 heavy (non-hydrogen) atoms. The molecule has 0 radical (unpaired) electrons. The van der Waals surface area contributed by atoms with Gasteiger partial charge in [-0.3, -0.25) is 19.2 Å². The highest BCUT2D eigenvalue weighted by Crippen LogP contribution is 2.68. The van der Waals surface area contributed by atoms with Crippen LogP contribution in [0.15, 0.2) is 23.3 Å². The molecule has 4 aliphatic carbocycles. The van der Waals surface area contributed by atoms with Crippen LogP contribution < -0.4 is 0 Å². The predicted molar refractivity (Wildman–Crippen MR) is 131 cm³/mol. The van der Waals surface area contributed by atoms with E-state index in [1.165, 1.54) is 11.1 Å². The molecule has 0 amide bonds. The Morgan fingerprint density at radius 2 is 1.71 bits per heavy atom. The van der Waals surface area contributed by atoms with Gasteiger partial charge in [-0.15, -0.1) is 0 Å². The van der Waals surface area contributed by atoms with E-state index in [0.29, 0.717) is 12.8 Å². The lowest BCUT2D eigenvalue weighted by Crippen LogP contribution is -2.60. The van der Waals surface area contributed by atoms with Crippen molar-refractivity contribution in [3.63, 3.8) is 0 Å². The molecule has 6 nitrogen and oxygen atoms in total. The standard InChI is InChI=1S/C29H40O6/c1-7-25(32)34-16-24(31)29(35-26(33)8-2)18(4)14-23-20-13-17(3)22-15-19(30)9-11-27(22,5)21(20)10-12-28(23,29)6/h10,15,17-18,20,23H,7-9,11-14,16H2,1-6H3/t17-,18-,20+,23-,27+,28-,29-/m0/s1. The first-order valence-corrected chi connectivity index (χ1v) is 13.3. The molecule has 7 atom stereocenters. The highest BCUT2D eigenvalue weighted by Gasteiger charge is 2.70. The summed E-state index contributed by atoms with van der Waals surface area (Å²) in [5, 5.41) is 0. The van der Waals surface area contributed by atoms with Crippen LogP contribution in [0.25, 0.3) is 0 Å². The van der Waals surface area contributed by atoms with Crippen LogP contribution in [0, 0.1) is 34.5 Å². The summed E-state index contributed by atoms with van der Waals surface area (Å²) in [4.78, 5) is 50.6. The van der Waals surface area contributed by atoms with Gasteiger partial charge >= 0.3 is 11.9 Å². The van der Waals surface area contributed by atoms with Crippen LogP contribution in [0.4, 0.5) is 0 Å². The molecule has 192 valence electrons. The zero-order chi connectivity index (χ0) is 25.8. The topological polar surface area (TPSA) is 86.7 Å². The monoisotopic (exact) mass is 484 g/mol. The van der Waals surface area contributed by atoms with Crippen molar-refractivity contribution < 1.29 is 28.7 Å². The van der Waals surface area contributed by atoms with Gasteiger partial charge in [0.15, 0.2) is 18.0 Å². The van der Waals surface area contributed by atoms with Crippen LogP contribution in [-0.4, -0.2) is 35.7 Å². The van der Waals surface area contributed by atoms with Gasteiger partial charge in [0, 0.05) is 36.0 Å². The van der Waals surface area contributed by atoms with Crippen LogP contribution in [0.2, 0.25) is 0 Å². The lowest BCUT2D eigenvalue weighted by atomic mass is 9.48. The van der Waals surface area contributed by atoms with E-state index in [1.807, 2.05) is 13.0 Å². The molecule has 0 aromatic carbocycles. The lowest BCUT2D eigenvalue weighted by Gasteiger charge is -2.56. The summed E-state index contributed by atoms with van der Waals surface area (Å²) in [5.41, 5.74) is 0.586. The van der Waals surface area contributed by atoms with E-state index in [1.54, 1.807) is 13.8 Å². The predicted octanol–water partition coefficient (Wildman–Crippen LogP) is 5.14. The number of Topliss-reactive ketones (excluding diaryl/α,β-unsaturated/α-hetero) is 1. The summed E-state index contributed by atoms with van der Waals surface area (Å²) in [6.07, 6.45) is 8.23. The van der Waals surface area contributed by atoms with Gasteiger partial charge in [-0.1, -0.05) is 58.8 Å². The Hall–Kier alpha value is -2.24. The molecule has 0 saturated heterocycles. The number of esters is 2. The summed E-state index contributed by atoms with van der Waals surface area (Å²) in [6, 6.07) is 0. The number of rotatable bonds is 6. The minimum Gasteiger partial charge on any atom is -0.457 e. The van der Waals surface area contributed by atoms with Gasteiger partial charge in [0.05, 0.1) is 0 Å². The van der Waals surface area contributed by atoms with Crippen LogP contribution >= 0.6 is 0 Å². The van der Waals surface area contributed by atoms with Crippen LogP contribution in [-0.2, 0) is 28.7 Å². The van der Waals surface area contributed by atoms with Crippen molar-refractivity contribution in [1.29, 1.82) is 0 Å². The Balaban J connectivity index is 1.78. The number of allylic oxidation sites excluding steroid dienone is 4. The second-order valence-corrected chi connectivity index (χ2v) is 11.7. The number of ether oxygens (including phenoxy) is 2. The van der Waals surface area contributed by atoms with Crippen molar-refractivity contribution in [1.82, 2.24) is 0 Å². The number of ketones is 2. The molecule has 0 spiro atoms. The van der Waals surface area contributed by atoms with Gasteiger partial charge in [-0.2, -0.15) is 0 Å². The number of carbonyl (C=O) groups is 4. The van der Waals surface area contributed by atoms with Gasteiger partial charge in [0.25, 0.3) is 0 Å². The maximum atomic E-state index is 13.8. The minimum absolute atomic E-state index is 0.132. The Bertz CT molecular complexity index is 1010. The first-order chi connectivity index (χ1) is 16.4. The smallest absolute Gasteiger partial charge is 0.306 e. The zero-order valence-corrected chi connectivity index (χ0v) is 22.1. The maximum absolute atomic E-state index is 13.8. The van der Waals surface area contributed by atoms with Crippen LogP contribution in [0.3, 0.4) is 0 Å². The van der Waals surface area contributed by atoms with Crippen molar-refractivity contribution in [2.24, 2.45) is 34.5 Å². The Labute approximate surface area is 208 Å². The number of hydrogen-bond donors (Lipinski definition) is 0. The Morgan fingerprint density at radius 1 is 1.03 bits per heavy atom. The molecule has 0 bridgehead atoms. The lowest BCUT2D eigenvalue weighted by molar-refractivity contribution is -0.191. The van der Waals surface area contributed by atoms with Gasteiger partial charge in [-0.25, -0.2) is 0 Å². The summed E-state index contributed by atoms with van der Waals surface area (Å²) >= 11 is 0. The van der Waals surface area contributed by atoms with Crippen molar-refractivity contribution in [3.05, 3.63) is 23.3 Å². The molecular formula is C29H40O6. The van der Waals surface area contributed by atoms with Gasteiger partial charge in [-0.05, 0) is 49.5 Å². The van der Waals surface area contributed by atoms with E-state index >= 15 is 0 Å². The fourth-order valence-corrected chi connectivity index (χ4v) is 8.07. The molecule has 0 N–H and O–H groups in total. The summed E-state index contributed by atoms with van der Waals surface area (Å²) in [6.45, 7) is 11.6. The highest BCUT2D eigenvalue weighted by molar-refractivity contribution is 5.94. The van der Waals surface area contributed by atoms with Crippen molar-refractivity contribution in [2.45, 2.75) is 92.1 Å². The molecule has 4 aliphatic rings. The number of hydrogen-bond acceptors (Lipinski definition) is 6. The van der Waals surface area contributed by atoms with Crippen molar-refractivity contribution >= 4 is 23.5 Å². The third kappa shape index (κ3) is 3.74. The first-order valence-electron chi connectivity index (χ1n) is 13.3. The third-order valence-corrected chi connectivity index (χ3v) is 9.83.